The van der Waals surface area contributed by atoms with Gasteiger partial charge in [0.15, 0.2) is 0 Å². The number of rotatable bonds is 5. The van der Waals surface area contributed by atoms with Crippen LogP contribution in [0.4, 0.5) is 0 Å². The second-order valence-corrected chi connectivity index (χ2v) is 5.68. The minimum Gasteiger partial charge on any atom is -0.491 e. The molecule has 0 unspecified atom stereocenters. The Morgan fingerprint density at radius 1 is 1.35 bits per heavy atom. The van der Waals surface area contributed by atoms with Crippen molar-refractivity contribution in [1.29, 1.82) is 0 Å². The lowest BCUT2D eigenvalue weighted by Gasteiger charge is -2.13. The van der Waals surface area contributed by atoms with Gasteiger partial charge >= 0.3 is 0 Å². The predicted molar refractivity (Wildman–Crippen MR) is 74.9 cm³/mol. The van der Waals surface area contributed by atoms with Crippen LogP contribution in [0.25, 0.3) is 0 Å². The molecule has 0 saturated heterocycles. The van der Waals surface area contributed by atoms with E-state index in [0.29, 0.717) is 17.7 Å². The predicted octanol–water partition coefficient (Wildman–Crippen LogP) is 4.01. The molecule has 4 heteroatoms. The maximum Gasteiger partial charge on any atom is 0.138 e. The molecule has 0 aromatic heterocycles. The molecule has 0 spiro atoms. The summed E-state index contributed by atoms with van der Waals surface area (Å²) >= 11 is 9.43. The molecule has 94 valence electrons. The van der Waals surface area contributed by atoms with Crippen LogP contribution < -0.4 is 10.1 Å². The van der Waals surface area contributed by atoms with Crippen LogP contribution in [0.15, 0.2) is 22.7 Å². The van der Waals surface area contributed by atoms with Gasteiger partial charge in [-0.1, -0.05) is 40.4 Å². The number of hydrogen-bond donors (Lipinski definition) is 1. The van der Waals surface area contributed by atoms with Crippen molar-refractivity contribution >= 4 is 27.5 Å². The van der Waals surface area contributed by atoms with Crippen molar-refractivity contribution in [2.24, 2.45) is 0 Å². The topological polar surface area (TPSA) is 21.3 Å². The second kappa shape index (κ2) is 6.62. The molecule has 0 aliphatic heterocycles. The fourth-order valence-electron chi connectivity index (χ4n) is 2.15. The fourth-order valence-corrected chi connectivity index (χ4v) is 2.87. The van der Waals surface area contributed by atoms with Gasteiger partial charge in [0, 0.05) is 17.1 Å². The van der Waals surface area contributed by atoms with Gasteiger partial charge in [-0.15, -0.1) is 0 Å². The van der Waals surface area contributed by atoms with E-state index in [-0.39, 0.29) is 0 Å². The number of ether oxygens (including phenoxy) is 1. The van der Waals surface area contributed by atoms with Crippen molar-refractivity contribution in [3.63, 3.8) is 0 Å². The Balaban J connectivity index is 1.70. The van der Waals surface area contributed by atoms with E-state index in [2.05, 4.69) is 21.2 Å². The molecule has 1 aromatic carbocycles. The molecule has 1 aromatic rings. The third kappa shape index (κ3) is 4.16. The van der Waals surface area contributed by atoms with Crippen LogP contribution in [0.5, 0.6) is 5.75 Å². The third-order valence-corrected chi connectivity index (χ3v) is 3.83. The normalized spacial score (nSPS) is 16.4. The summed E-state index contributed by atoms with van der Waals surface area (Å²) in [5, 5.41) is 4.16. The smallest absolute Gasteiger partial charge is 0.138 e. The molecule has 0 radical (unpaired) electrons. The number of benzene rings is 1. The molecule has 17 heavy (non-hydrogen) atoms. The van der Waals surface area contributed by atoms with Crippen LogP contribution in [0, 0.1) is 0 Å². The molecule has 1 N–H and O–H groups in total. The lowest BCUT2D eigenvalue weighted by Crippen LogP contribution is -2.30. The van der Waals surface area contributed by atoms with Gasteiger partial charge in [-0.05, 0) is 31.0 Å². The van der Waals surface area contributed by atoms with E-state index >= 15 is 0 Å². The Morgan fingerprint density at radius 3 is 2.82 bits per heavy atom. The largest absolute Gasteiger partial charge is 0.491 e. The lowest BCUT2D eigenvalue weighted by atomic mass is 10.2. The van der Waals surface area contributed by atoms with Gasteiger partial charge in [0.2, 0.25) is 0 Å². The minimum absolute atomic E-state index is 0.653. The molecule has 2 nitrogen and oxygen atoms in total. The van der Waals surface area contributed by atoms with Crippen LogP contribution in [0.1, 0.15) is 25.7 Å². The van der Waals surface area contributed by atoms with Gasteiger partial charge in [0.1, 0.15) is 12.4 Å². The van der Waals surface area contributed by atoms with Crippen LogP contribution in [0.3, 0.4) is 0 Å². The molecule has 1 aliphatic rings. The van der Waals surface area contributed by atoms with Gasteiger partial charge in [-0.25, -0.2) is 0 Å². The summed E-state index contributed by atoms with van der Waals surface area (Å²) in [4.78, 5) is 0. The summed E-state index contributed by atoms with van der Waals surface area (Å²) in [5.74, 6) is 0.753. The molecular formula is C13H17BrClNO. The Kier molecular flexibility index (Phi) is 5.14. The Hall–Kier alpha value is -0.250. The number of halogens is 2. The molecule has 2 rings (SSSR count). The Bertz CT molecular complexity index is 366. The Labute approximate surface area is 116 Å². The maximum absolute atomic E-state index is 6.06. The molecule has 1 saturated carbocycles. The first kappa shape index (κ1) is 13.2. The van der Waals surface area contributed by atoms with E-state index < -0.39 is 0 Å². The van der Waals surface area contributed by atoms with Gasteiger partial charge in [-0.2, -0.15) is 0 Å². The van der Waals surface area contributed by atoms with Crippen molar-refractivity contribution in [1.82, 2.24) is 5.32 Å². The van der Waals surface area contributed by atoms with E-state index in [0.717, 1.165) is 16.8 Å². The van der Waals surface area contributed by atoms with E-state index in [1.165, 1.54) is 25.7 Å². The van der Waals surface area contributed by atoms with Gasteiger partial charge in [0.25, 0.3) is 0 Å². The summed E-state index contributed by atoms with van der Waals surface area (Å²) in [6, 6.07) is 6.37. The summed E-state index contributed by atoms with van der Waals surface area (Å²) in [7, 11) is 0. The van der Waals surface area contributed by atoms with E-state index in [9.17, 15) is 0 Å². The standard InChI is InChI=1S/C13H17BrClNO/c14-10-5-6-13(12(15)9-10)17-8-7-16-11-3-1-2-4-11/h5-6,9,11,16H,1-4,7-8H2. The first-order valence-electron chi connectivity index (χ1n) is 6.07. The van der Waals surface area contributed by atoms with Gasteiger partial charge in [-0.3, -0.25) is 0 Å². The molecule has 1 aliphatic carbocycles. The van der Waals surface area contributed by atoms with E-state index in [1.807, 2.05) is 18.2 Å². The third-order valence-electron chi connectivity index (χ3n) is 3.04. The monoisotopic (exact) mass is 317 g/mol. The number of nitrogens with one attached hydrogen (secondary N) is 1. The highest BCUT2D eigenvalue weighted by atomic mass is 79.9. The Morgan fingerprint density at radius 2 is 2.12 bits per heavy atom. The highest BCUT2D eigenvalue weighted by Crippen LogP contribution is 2.27. The summed E-state index contributed by atoms with van der Waals surface area (Å²) in [6.07, 6.45) is 5.33. The minimum atomic E-state index is 0.653. The molecule has 0 atom stereocenters. The molecule has 0 heterocycles. The highest BCUT2D eigenvalue weighted by molar-refractivity contribution is 9.10. The zero-order chi connectivity index (χ0) is 12.1. The number of hydrogen-bond acceptors (Lipinski definition) is 2. The van der Waals surface area contributed by atoms with Crippen molar-refractivity contribution in [3.8, 4) is 5.75 Å². The van der Waals surface area contributed by atoms with E-state index in [4.69, 9.17) is 16.3 Å². The van der Waals surface area contributed by atoms with Crippen molar-refractivity contribution in [2.45, 2.75) is 31.7 Å². The zero-order valence-corrected chi connectivity index (χ0v) is 12.1. The summed E-state index contributed by atoms with van der Waals surface area (Å²) < 4.78 is 6.61. The first-order valence-corrected chi connectivity index (χ1v) is 7.24. The van der Waals surface area contributed by atoms with Crippen molar-refractivity contribution < 1.29 is 4.74 Å². The zero-order valence-electron chi connectivity index (χ0n) is 9.72. The highest BCUT2D eigenvalue weighted by Gasteiger charge is 2.13. The second-order valence-electron chi connectivity index (χ2n) is 4.36. The maximum atomic E-state index is 6.06. The molecular weight excluding hydrogens is 302 g/mol. The fraction of sp³-hybridized carbons (Fsp3) is 0.538. The van der Waals surface area contributed by atoms with Crippen LogP contribution in [-0.2, 0) is 0 Å². The SMILES string of the molecule is Clc1cc(Br)ccc1OCCNC1CCCC1. The molecule has 0 amide bonds. The van der Waals surface area contributed by atoms with Crippen LogP contribution in [-0.4, -0.2) is 19.2 Å². The van der Waals surface area contributed by atoms with E-state index in [1.54, 1.807) is 0 Å². The summed E-state index contributed by atoms with van der Waals surface area (Å²) in [5.41, 5.74) is 0. The van der Waals surface area contributed by atoms with Gasteiger partial charge in [0.05, 0.1) is 5.02 Å². The quantitative estimate of drug-likeness (QED) is 0.828. The van der Waals surface area contributed by atoms with Crippen LogP contribution >= 0.6 is 27.5 Å². The van der Waals surface area contributed by atoms with Crippen molar-refractivity contribution in [3.05, 3.63) is 27.7 Å². The average molecular weight is 319 g/mol. The first-order chi connectivity index (χ1) is 8.25. The average Bonchev–Trinajstić information content (AvgIpc) is 2.79. The van der Waals surface area contributed by atoms with Crippen molar-refractivity contribution in [2.75, 3.05) is 13.2 Å². The molecule has 1 fully saturated rings. The lowest BCUT2D eigenvalue weighted by molar-refractivity contribution is 0.305. The van der Waals surface area contributed by atoms with Crippen LogP contribution in [0.2, 0.25) is 5.02 Å². The molecule has 0 bridgehead atoms. The summed E-state index contributed by atoms with van der Waals surface area (Å²) in [6.45, 7) is 1.55. The van der Waals surface area contributed by atoms with Gasteiger partial charge < -0.3 is 10.1 Å².